The summed E-state index contributed by atoms with van der Waals surface area (Å²) < 4.78 is 5.63. The molecule has 6 rings (SSSR count). The quantitative estimate of drug-likeness (QED) is 0.413. The molecule has 0 radical (unpaired) electrons. The van der Waals surface area contributed by atoms with Gasteiger partial charge in [0.15, 0.2) is 0 Å². The fourth-order valence-corrected chi connectivity index (χ4v) is 7.85. The molecule has 8 nitrogen and oxygen atoms in total. The lowest BCUT2D eigenvalue weighted by molar-refractivity contribution is -0.138. The zero-order chi connectivity index (χ0) is 31.0. The van der Waals surface area contributed by atoms with Gasteiger partial charge in [0.1, 0.15) is 6.04 Å². The van der Waals surface area contributed by atoms with E-state index in [9.17, 15) is 9.59 Å². The molecule has 45 heavy (non-hydrogen) atoms. The van der Waals surface area contributed by atoms with Crippen molar-refractivity contribution in [2.75, 3.05) is 59.0 Å². The van der Waals surface area contributed by atoms with E-state index in [1.165, 1.54) is 49.7 Å². The lowest BCUT2D eigenvalue weighted by atomic mass is 9.84. The summed E-state index contributed by atoms with van der Waals surface area (Å²) in [5.41, 5.74) is 3.40. The van der Waals surface area contributed by atoms with Crippen molar-refractivity contribution in [2.45, 2.75) is 76.0 Å². The summed E-state index contributed by atoms with van der Waals surface area (Å²) in [6.45, 7) is 8.51. The van der Waals surface area contributed by atoms with Gasteiger partial charge in [-0.25, -0.2) is 0 Å². The summed E-state index contributed by atoms with van der Waals surface area (Å²) in [6, 6.07) is 15.3. The molecule has 3 atom stereocenters. The zero-order valence-electron chi connectivity index (χ0n) is 26.6. The molecule has 3 heterocycles. The fourth-order valence-electron chi connectivity index (χ4n) is 7.72. The number of hydrogen-bond donors (Lipinski definition) is 2. The van der Waals surface area contributed by atoms with E-state index in [1.807, 2.05) is 41.3 Å². The van der Waals surface area contributed by atoms with Crippen molar-refractivity contribution in [1.29, 1.82) is 0 Å². The molecule has 2 saturated heterocycles. The van der Waals surface area contributed by atoms with Gasteiger partial charge in [-0.15, -0.1) is 0 Å². The normalized spacial score (nSPS) is 23.2. The number of morpholine rings is 1. The molecule has 3 fully saturated rings. The summed E-state index contributed by atoms with van der Waals surface area (Å²) in [5.74, 6) is 0.698. The van der Waals surface area contributed by atoms with E-state index in [1.54, 1.807) is 0 Å². The van der Waals surface area contributed by atoms with Crippen LogP contribution in [0.15, 0.2) is 48.5 Å². The molecule has 2 aromatic rings. The molecule has 2 amide bonds. The second-order valence-electron chi connectivity index (χ2n) is 13.5. The highest BCUT2D eigenvalue weighted by molar-refractivity contribution is 6.30. The van der Waals surface area contributed by atoms with Gasteiger partial charge in [0.05, 0.1) is 19.3 Å². The lowest BCUT2D eigenvalue weighted by Crippen LogP contribution is -2.60. The average molecular weight is 636 g/mol. The van der Waals surface area contributed by atoms with Gasteiger partial charge in [0, 0.05) is 69.8 Å². The van der Waals surface area contributed by atoms with Gasteiger partial charge in [0.2, 0.25) is 11.8 Å². The molecule has 0 spiro atoms. The summed E-state index contributed by atoms with van der Waals surface area (Å²) in [5, 5.41) is 7.20. The van der Waals surface area contributed by atoms with Crippen LogP contribution in [0.5, 0.6) is 0 Å². The molecule has 0 aromatic heterocycles. The van der Waals surface area contributed by atoms with Crippen LogP contribution >= 0.6 is 11.6 Å². The zero-order valence-corrected chi connectivity index (χ0v) is 27.4. The number of amides is 2. The first-order valence-electron chi connectivity index (χ1n) is 17.2. The van der Waals surface area contributed by atoms with Gasteiger partial charge in [-0.3, -0.25) is 19.4 Å². The Balaban J connectivity index is 1.10. The number of carbonyl (C=O) groups is 2. The van der Waals surface area contributed by atoms with Gasteiger partial charge >= 0.3 is 0 Å². The Kier molecular flexibility index (Phi) is 11.4. The van der Waals surface area contributed by atoms with Crippen molar-refractivity contribution in [3.8, 4) is 0 Å². The van der Waals surface area contributed by atoms with Crippen molar-refractivity contribution in [3.63, 3.8) is 0 Å². The van der Waals surface area contributed by atoms with Crippen LogP contribution in [0.4, 0.5) is 0 Å². The largest absolute Gasteiger partial charge is 0.379 e. The van der Waals surface area contributed by atoms with Gasteiger partial charge in [-0.05, 0) is 47.6 Å². The van der Waals surface area contributed by atoms with Crippen molar-refractivity contribution in [2.24, 2.45) is 5.92 Å². The Labute approximate surface area is 273 Å². The predicted molar refractivity (Wildman–Crippen MR) is 178 cm³/mol. The van der Waals surface area contributed by atoms with Crippen LogP contribution in [-0.4, -0.2) is 104 Å². The van der Waals surface area contributed by atoms with E-state index in [-0.39, 0.29) is 17.9 Å². The Morgan fingerprint density at radius 2 is 1.62 bits per heavy atom. The molecule has 2 aromatic carbocycles. The minimum absolute atomic E-state index is 0.00571. The molecule has 1 aliphatic carbocycles. The van der Waals surface area contributed by atoms with E-state index in [0.717, 1.165) is 57.4 Å². The van der Waals surface area contributed by atoms with Gasteiger partial charge < -0.3 is 20.3 Å². The highest BCUT2D eigenvalue weighted by Gasteiger charge is 2.34. The average Bonchev–Trinajstić information content (AvgIpc) is 3.09. The SMILES string of the molecule is O=C(NC(Cc1ccc(Cl)cc1)C(=O)N1CCN(C(CC2CCCCC2)CN2CCOCC2)CC1)C1Cc2ccccc2CN1. The number of nitrogens with zero attached hydrogens (tertiary/aromatic N) is 3. The molecule has 9 heteroatoms. The topological polar surface area (TPSA) is 77.2 Å². The van der Waals surface area contributed by atoms with E-state index in [0.29, 0.717) is 43.5 Å². The fraction of sp³-hybridized carbons (Fsp3) is 0.611. The standard InChI is InChI=1S/C36H50ClN5O3/c37-31-12-10-28(11-13-31)23-34(39-35(43)33-24-29-8-4-5-9-30(29)25-38-33)36(44)42-16-14-41(15-17-42)32(22-27-6-2-1-3-7-27)26-40-18-20-45-21-19-40/h4-5,8-13,27,32-34,38H,1-3,6-7,14-26H2,(H,39,43). The van der Waals surface area contributed by atoms with Crippen LogP contribution in [0.25, 0.3) is 0 Å². The first kappa shape index (κ1) is 32.5. The van der Waals surface area contributed by atoms with Gasteiger partial charge in [0.25, 0.3) is 0 Å². The van der Waals surface area contributed by atoms with Crippen molar-refractivity contribution >= 4 is 23.4 Å². The highest BCUT2D eigenvalue weighted by Crippen LogP contribution is 2.29. The molecule has 1 saturated carbocycles. The number of piperazine rings is 1. The van der Waals surface area contributed by atoms with E-state index in [4.69, 9.17) is 16.3 Å². The number of nitrogens with one attached hydrogen (secondary N) is 2. The Morgan fingerprint density at radius 3 is 2.36 bits per heavy atom. The lowest BCUT2D eigenvalue weighted by Gasteiger charge is -2.43. The third kappa shape index (κ3) is 8.86. The number of fused-ring (bicyclic) bond motifs is 1. The second kappa shape index (κ2) is 15.9. The molecule has 244 valence electrons. The summed E-state index contributed by atoms with van der Waals surface area (Å²) in [6.07, 6.45) is 9.11. The molecular formula is C36H50ClN5O3. The summed E-state index contributed by atoms with van der Waals surface area (Å²) in [7, 11) is 0. The Bertz CT molecular complexity index is 1240. The minimum Gasteiger partial charge on any atom is -0.379 e. The number of halogens is 1. The van der Waals surface area contributed by atoms with E-state index >= 15 is 0 Å². The number of hydrogen-bond acceptors (Lipinski definition) is 6. The van der Waals surface area contributed by atoms with Crippen LogP contribution in [0.1, 0.15) is 55.2 Å². The van der Waals surface area contributed by atoms with Crippen LogP contribution < -0.4 is 10.6 Å². The second-order valence-corrected chi connectivity index (χ2v) is 13.9. The third-order valence-corrected chi connectivity index (χ3v) is 10.7. The Morgan fingerprint density at radius 1 is 0.911 bits per heavy atom. The van der Waals surface area contributed by atoms with Crippen molar-refractivity contribution < 1.29 is 14.3 Å². The monoisotopic (exact) mass is 635 g/mol. The number of ether oxygens (including phenoxy) is 1. The number of carbonyl (C=O) groups excluding carboxylic acids is 2. The van der Waals surface area contributed by atoms with Crippen LogP contribution in [0, 0.1) is 5.92 Å². The molecule has 4 aliphatic rings. The minimum atomic E-state index is -0.629. The van der Waals surface area contributed by atoms with Gasteiger partial charge in [-0.2, -0.15) is 0 Å². The summed E-state index contributed by atoms with van der Waals surface area (Å²) in [4.78, 5) is 34.9. The first-order valence-corrected chi connectivity index (χ1v) is 17.6. The molecule has 2 N–H and O–H groups in total. The molecule has 0 bridgehead atoms. The molecule has 3 unspecified atom stereocenters. The third-order valence-electron chi connectivity index (χ3n) is 10.4. The smallest absolute Gasteiger partial charge is 0.245 e. The predicted octanol–water partition coefficient (Wildman–Crippen LogP) is 3.90. The Hall–Kier alpha value is -2.49. The number of benzene rings is 2. The van der Waals surface area contributed by atoms with Crippen LogP contribution in [-0.2, 0) is 33.7 Å². The van der Waals surface area contributed by atoms with Gasteiger partial charge in [-0.1, -0.05) is 80.1 Å². The van der Waals surface area contributed by atoms with E-state index < -0.39 is 6.04 Å². The maximum Gasteiger partial charge on any atom is 0.245 e. The molecule has 3 aliphatic heterocycles. The van der Waals surface area contributed by atoms with Crippen LogP contribution in [0.3, 0.4) is 0 Å². The molecular weight excluding hydrogens is 586 g/mol. The van der Waals surface area contributed by atoms with Crippen molar-refractivity contribution in [1.82, 2.24) is 25.3 Å². The van der Waals surface area contributed by atoms with Crippen LogP contribution in [0.2, 0.25) is 5.02 Å². The maximum absolute atomic E-state index is 14.1. The first-order chi connectivity index (χ1) is 22.0. The van der Waals surface area contributed by atoms with E-state index in [2.05, 4.69) is 32.6 Å². The van der Waals surface area contributed by atoms with Crippen molar-refractivity contribution in [3.05, 3.63) is 70.2 Å². The highest BCUT2D eigenvalue weighted by atomic mass is 35.5. The maximum atomic E-state index is 14.1. The number of rotatable bonds is 10. The summed E-state index contributed by atoms with van der Waals surface area (Å²) >= 11 is 6.15.